The van der Waals surface area contributed by atoms with Crippen LogP contribution in [0.1, 0.15) is 12.5 Å². The zero-order valence-electron chi connectivity index (χ0n) is 10.6. The lowest BCUT2D eigenvalue weighted by atomic mass is 10.2. The van der Waals surface area contributed by atoms with Gasteiger partial charge < -0.3 is 10.4 Å². The largest absolute Gasteiger partial charge is 0.480 e. The molecule has 2 unspecified atom stereocenters. The molecule has 0 aromatic heterocycles. The average molecular weight is 366 g/mol. The molecule has 20 heavy (non-hydrogen) atoms. The van der Waals surface area contributed by atoms with Crippen LogP contribution in [0.2, 0.25) is 0 Å². The van der Waals surface area contributed by atoms with Gasteiger partial charge in [-0.1, -0.05) is 15.9 Å². The van der Waals surface area contributed by atoms with Crippen molar-refractivity contribution in [2.24, 2.45) is 0 Å². The van der Waals surface area contributed by atoms with Gasteiger partial charge >= 0.3 is 5.97 Å². The Bertz CT molecular complexity index is 532. The lowest BCUT2D eigenvalue weighted by molar-refractivity contribution is -0.140. The molecule has 0 fully saturated rings. The smallest absolute Gasteiger partial charge is 0.327 e. The van der Waals surface area contributed by atoms with E-state index in [4.69, 9.17) is 5.11 Å². The fraction of sp³-hybridized carbons (Fsp3) is 0.333. The first-order valence-corrected chi connectivity index (χ1v) is 7.86. The van der Waals surface area contributed by atoms with Crippen molar-refractivity contribution in [3.8, 4) is 0 Å². The van der Waals surface area contributed by atoms with Crippen LogP contribution in [0.3, 0.4) is 0 Å². The van der Waals surface area contributed by atoms with Crippen molar-refractivity contribution in [1.29, 1.82) is 0 Å². The molecule has 5 nitrogen and oxygen atoms in total. The maximum Gasteiger partial charge on any atom is 0.327 e. The molecule has 0 aliphatic heterocycles. The van der Waals surface area contributed by atoms with Crippen molar-refractivity contribution in [3.05, 3.63) is 34.1 Å². The lowest BCUT2D eigenvalue weighted by Gasteiger charge is -2.12. The van der Waals surface area contributed by atoms with Crippen LogP contribution in [0.5, 0.6) is 0 Å². The van der Waals surface area contributed by atoms with E-state index in [1.807, 2.05) is 0 Å². The highest BCUT2D eigenvalue weighted by molar-refractivity contribution is 9.10. The topological polar surface area (TPSA) is 83.5 Å². The third-order valence-corrected chi connectivity index (χ3v) is 4.10. The molecule has 0 aliphatic rings. The number of amides is 1. The first kappa shape index (κ1) is 16.8. The van der Waals surface area contributed by atoms with E-state index in [1.54, 1.807) is 6.07 Å². The molecule has 0 heterocycles. The summed E-state index contributed by atoms with van der Waals surface area (Å²) in [6.45, 7) is 1.18. The van der Waals surface area contributed by atoms with E-state index >= 15 is 0 Å². The van der Waals surface area contributed by atoms with Gasteiger partial charge in [0.15, 0.2) is 0 Å². The quantitative estimate of drug-likeness (QED) is 0.798. The molecule has 0 radical (unpaired) electrons. The first-order chi connectivity index (χ1) is 9.27. The Hall–Kier alpha value is -1.28. The van der Waals surface area contributed by atoms with Crippen LogP contribution in [-0.2, 0) is 26.1 Å². The van der Waals surface area contributed by atoms with Crippen LogP contribution in [0.15, 0.2) is 22.7 Å². The predicted octanol–water partition coefficient (Wildman–Crippen LogP) is 1.43. The van der Waals surface area contributed by atoms with E-state index in [0.717, 1.165) is 0 Å². The van der Waals surface area contributed by atoms with Crippen LogP contribution in [0.25, 0.3) is 0 Å². The summed E-state index contributed by atoms with van der Waals surface area (Å²) in [4.78, 5) is 21.8. The number of benzene rings is 1. The molecule has 0 aliphatic carbocycles. The summed E-state index contributed by atoms with van der Waals surface area (Å²) in [6.07, 6.45) is 0. The van der Waals surface area contributed by atoms with Crippen molar-refractivity contribution >= 4 is 38.6 Å². The van der Waals surface area contributed by atoms with Crippen molar-refractivity contribution in [2.45, 2.75) is 18.7 Å². The summed E-state index contributed by atoms with van der Waals surface area (Å²) in [5, 5.41) is 11.1. The number of rotatable bonds is 6. The maximum absolute atomic E-state index is 13.2. The molecule has 0 saturated heterocycles. The number of hydrogen-bond donors (Lipinski definition) is 2. The summed E-state index contributed by atoms with van der Waals surface area (Å²) < 4.78 is 25.6. The van der Waals surface area contributed by atoms with E-state index in [9.17, 15) is 18.2 Å². The van der Waals surface area contributed by atoms with Gasteiger partial charge in [-0.25, -0.2) is 9.18 Å². The third-order valence-electron chi connectivity index (χ3n) is 2.28. The molecule has 110 valence electrons. The van der Waals surface area contributed by atoms with Crippen molar-refractivity contribution in [2.75, 3.05) is 5.75 Å². The summed E-state index contributed by atoms with van der Waals surface area (Å²) >= 11 is 3.12. The highest BCUT2D eigenvalue weighted by Crippen LogP contribution is 2.16. The summed E-state index contributed by atoms with van der Waals surface area (Å²) in [7, 11) is -1.54. The monoisotopic (exact) mass is 365 g/mol. The molecular formula is C12H13BrFNO4S. The second kappa shape index (κ2) is 7.49. The Morgan fingerprint density at radius 3 is 2.60 bits per heavy atom. The Labute approximate surface area is 126 Å². The molecule has 1 rings (SSSR count). The zero-order valence-corrected chi connectivity index (χ0v) is 13.0. The fourth-order valence-electron chi connectivity index (χ4n) is 1.55. The molecule has 0 bridgehead atoms. The van der Waals surface area contributed by atoms with Crippen molar-refractivity contribution in [1.82, 2.24) is 5.32 Å². The Balaban J connectivity index is 2.70. The van der Waals surface area contributed by atoms with E-state index in [2.05, 4.69) is 21.2 Å². The van der Waals surface area contributed by atoms with E-state index in [-0.39, 0.29) is 11.5 Å². The van der Waals surface area contributed by atoms with Crippen molar-refractivity contribution < 1.29 is 23.3 Å². The van der Waals surface area contributed by atoms with Gasteiger partial charge in [0.25, 0.3) is 0 Å². The number of nitrogens with one attached hydrogen (secondary N) is 1. The number of carbonyl (C=O) groups is 2. The summed E-state index contributed by atoms with van der Waals surface area (Å²) in [5.41, 5.74) is 0.488. The number of carboxylic acids is 1. The van der Waals surface area contributed by atoms with Crippen LogP contribution >= 0.6 is 15.9 Å². The minimum absolute atomic E-state index is 0.0136. The molecule has 0 spiro atoms. The van der Waals surface area contributed by atoms with Crippen LogP contribution in [0.4, 0.5) is 4.39 Å². The van der Waals surface area contributed by atoms with Gasteiger partial charge in [0.2, 0.25) is 5.91 Å². The Morgan fingerprint density at radius 1 is 1.45 bits per heavy atom. The molecule has 1 amide bonds. The van der Waals surface area contributed by atoms with Crippen LogP contribution in [0, 0.1) is 5.82 Å². The summed E-state index contributed by atoms with van der Waals surface area (Å²) in [5.74, 6) is -2.46. The lowest BCUT2D eigenvalue weighted by Crippen LogP contribution is -2.43. The molecule has 2 N–H and O–H groups in total. The van der Waals surface area contributed by atoms with Crippen LogP contribution in [-0.4, -0.2) is 33.0 Å². The molecule has 2 atom stereocenters. The zero-order chi connectivity index (χ0) is 15.3. The molecule has 1 aromatic carbocycles. The van der Waals surface area contributed by atoms with Gasteiger partial charge in [-0.3, -0.25) is 9.00 Å². The standard InChI is InChI=1S/C12H13BrFNO4S/c1-7(16)15-11(12(17)18)6-20(19)5-8-2-9(13)4-10(14)3-8/h2-4,11H,5-6H2,1H3,(H,15,16)(H,17,18). The van der Waals surface area contributed by atoms with E-state index in [1.165, 1.54) is 19.1 Å². The number of hydrogen-bond acceptors (Lipinski definition) is 3. The molecule has 0 saturated carbocycles. The number of carboxylic acid groups (broad SMARTS) is 1. The minimum atomic E-state index is -1.54. The van der Waals surface area contributed by atoms with Crippen molar-refractivity contribution in [3.63, 3.8) is 0 Å². The number of aliphatic carboxylic acids is 1. The van der Waals surface area contributed by atoms with Gasteiger partial charge in [0, 0.05) is 27.9 Å². The summed E-state index contributed by atoms with van der Waals surface area (Å²) in [6, 6.07) is 2.89. The number of carbonyl (C=O) groups excluding carboxylic acids is 1. The Morgan fingerprint density at radius 2 is 2.10 bits per heavy atom. The van der Waals surface area contributed by atoms with E-state index in [0.29, 0.717) is 10.0 Å². The predicted molar refractivity (Wildman–Crippen MR) is 76.1 cm³/mol. The fourth-order valence-corrected chi connectivity index (χ4v) is 3.31. The van der Waals surface area contributed by atoms with Gasteiger partial charge in [0.05, 0.1) is 5.75 Å². The minimum Gasteiger partial charge on any atom is -0.480 e. The van der Waals surface area contributed by atoms with Crippen LogP contribution < -0.4 is 5.32 Å². The van der Waals surface area contributed by atoms with Gasteiger partial charge in [0.1, 0.15) is 11.9 Å². The SMILES string of the molecule is CC(=O)NC(CS(=O)Cc1cc(F)cc(Br)c1)C(=O)O. The second-order valence-electron chi connectivity index (χ2n) is 4.12. The highest BCUT2D eigenvalue weighted by Gasteiger charge is 2.21. The molecule has 8 heteroatoms. The average Bonchev–Trinajstić information content (AvgIpc) is 2.25. The number of halogens is 2. The third kappa shape index (κ3) is 5.79. The van der Waals surface area contributed by atoms with E-state index < -0.39 is 34.5 Å². The van der Waals surface area contributed by atoms with Gasteiger partial charge in [-0.2, -0.15) is 0 Å². The van der Waals surface area contributed by atoms with Gasteiger partial charge in [-0.15, -0.1) is 0 Å². The second-order valence-corrected chi connectivity index (χ2v) is 6.54. The molecule has 1 aromatic rings. The highest BCUT2D eigenvalue weighted by atomic mass is 79.9. The molecular weight excluding hydrogens is 353 g/mol. The first-order valence-electron chi connectivity index (χ1n) is 5.58. The Kier molecular flexibility index (Phi) is 6.28. The normalized spacial score (nSPS) is 13.6. The van der Waals surface area contributed by atoms with Gasteiger partial charge in [-0.05, 0) is 23.8 Å². The maximum atomic E-state index is 13.2.